The minimum absolute atomic E-state index is 0.0521. The zero-order valence-corrected chi connectivity index (χ0v) is 39.3. The molecule has 59 heavy (non-hydrogen) atoms. The summed E-state index contributed by atoms with van der Waals surface area (Å²) in [7, 11) is 0. The summed E-state index contributed by atoms with van der Waals surface area (Å²) in [5.74, 6) is 0.0482. The molecule has 346 valence electrons. The highest BCUT2D eigenvalue weighted by Crippen LogP contribution is 2.13. The number of ether oxygens (including phenoxy) is 1. The van der Waals surface area contributed by atoms with Crippen LogP contribution in [0.25, 0.3) is 0 Å². The number of amides is 2. The van der Waals surface area contributed by atoms with E-state index in [0.717, 1.165) is 45.2 Å². The summed E-state index contributed by atoms with van der Waals surface area (Å²) in [5, 5.41) is 0. The fourth-order valence-corrected chi connectivity index (χ4v) is 8.07. The lowest BCUT2D eigenvalue weighted by Gasteiger charge is -2.37. The van der Waals surface area contributed by atoms with E-state index in [2.05, 4.69) is 42.4 Å². The van der Waals surface area contributed by atoms with Gasteiger partial charge in [0.2, 0.25) is 11.8 Å². The smallest absolute Gasteiger partial charge is 0.305 e. The normalized spacial score (nSPS) is 13.3. The van der Waals surface area contributed by atoms with Gasteiger partial charge in [0, 0.05) is 52.1 Å². The molecule has 0 atom stereocenters. The monoisotopic (exact) mass is 834 g/mol. The van der Waals surface area contributed by atoms with Gasteiger partial charge in [0.1, 0.15) is 6.29 Å². The molecule has 1 aliphatic heterocycles. The Morgan fingerprint density at radius 1 is 0.441 bits per heavy atom. The van der Waals surface area contributed by atoms with E-state index in [1.807, 2.05) is 9.80 Å². The van der Waals surface area contributed by atoms with Gasteiger partial charge in [0.15, 0.2) is 0 Å². The zero-order chi connectivity index (χ0) is 43.0. The maximum Gasteiger partial charge on any atom is 0.305 e. The highest BCUT2D eigenvalue weighted by Gasteiger charge is 2.26. The second-order valence-electron chi connectivity index (χ2n) is 17.5. The van der Waals surface area contributed by atoms with Gasteiger partial charge in [-0.3, -0.25) is 24.2 Å². The summed E-state index contributed by atoms with van der Waals surface area (Å²) in [5.41, 5.74) is 0. The largest absolute Gasteiger partial charge is 0.466 e. The molecule has 1 rings (SSSR count). The van der Waals surface area contributed by atoms with Crippen LogP contribution in [0.2, 0.25) is 0 Å². The van der Waals surface area contributed by atoms with Crippen molar-refractivity contribution in [3.05, 3.63) is 0 Å². The Morgan fingerprint density at radius 3 is 1.24 bits per heavy atom. The number of unbranched alkanes of at least 4 members (excludes halogenated alkanes) is 20. The average molecular weight is 834 g/mol. The summed E-state index contributed by atoms with van der Waals surface area (Å²) < 4.78 is 5.30. The van der Waals surface area contributed by atoms with Crippen molar-refractivity contribution >= 4 is 24.1 Å². The van der Waals surface area contributed by atoms with Crippen LogP contribution >= 0.6 is 0 Å². The first-order chi connectivity index (χ1) is 28.9. The van der Waals surface area contributed by atoms with Crippen molar-refractivity contribution in [1.82, 2.24) is 24.5 Å². The van der Waals surface area contributed by atoms with Gasteiger partial charge >= 0.3 is 5.97 Å². The van der Waals surface area contributed by atoms with Crippen LogP contribution in [-0.2, 0) is 23.9 Å². The van der Waals surface area contributed by atoms with Crippen molar-refractivity contribution < 1.29 is 23.9 Å². The van der Waals surface area contributed by atoms with Crippen molar-refractivity contribution in [2.45, 2.75) is 201 Å². The summed E-state index contributed by atoms with van der Waals surface area (Å²) >= 11 is 0. The topological polar surface area (TPSA) is 93.7 Å². The van der Waals surface area contributed by atoms with Gasteiger partial charge in [-0.15, -0.1) is 0 Å². The predicted octanol–water partition coefficient (Wildman–Crippen LogP) is 9.92. The molecule has 0 aliphatic carbocycles. The second kappa shape index (κ2) is 40.1. The molecule has 10 nitrogen and oxygen atoms in total. The standard InChI is InChI=1S/C49H95N5O5/c1-5-9-13-16-19-22-25-32-50(33-26-23-20-17-14-10-6-2)37-38-52(34-27-24-21-18-15-11-7-3)46-48(57)54-41-39-53(40-42-54)47(56)45-51(35-28-29-43-55)36-30-31-49(58)59-44-12-8-4/h43H,5-42,44-46H2,1-4H3. The lowest BCUT2D eigenvalue weighted by Crippen LogP contribution is -2.54. The Kier molecular flexibility index (Phi) is 37.3. The second-order valence-corrected chi connectivity index (χ2v) is 17.5. The number of esters is 1. The van der Waals surface area contributed by atoms with Crippen LogP contribution in [0.5, 0.6) is 0 Å². The SMILES string of the molecule is CCCCCCCCCN(CCCCCCCCC)CCN(CCCCCCCCC)CC(=O)N1CCN(C(=O)CN(CCCC=O)CCCC(=O)OCCCC)CC1. The zero-order valence-electron chi connectivity index (χ0n) is 39.3. The van der Waals surface area contributed by atoms with Crippen LogP contribution in [0.1, 0.15) is 201 Å². The van der Waals surface area contributed by atoms with Crippen LogP contribution in [0.4, 0.5) is 0 Å². The first kappa shape index (κ1) is 55.0. The van der Waals surface area contributed by atoms with Gasteiger partial charge in [0.05, 0.1) is 19.7 Å². The summed E-state index contributed by atoms with van der Waals surface area (Å²) in [4.78, 5) is 61.5. The lowest BCUT2D eigenvalue weighted by atomic mass is 10.1. The van der Waals surface area contributed by atoms with Crippen LogP contribution in [-0.4, -0.2) is 140 Å². The van der Waals surface area contributed by atoms with Gasteiger partial charge in [-0.25, -0.2) is 0 Å². The molecule has 1 aliphatic rings. The third-order valence-electron chi connectivity index (χ3n) is 12.1. The number of piperazine rings is 1. The molecule has 1 fully saturated rings. The molecule has 0 spiro atoms. The fourth-order valence-electron chi connectivity index (χ4n) is 8.07. The number of carbonyl (C=O) groups excluding carboxylic acids is 4. The molecule has 0 radical (unpaired) electrons. The summed E-state index contributed by atoms with van der Waals surface area (Å²) in [6.07, 6.45) is 32.4. The Labute approximate surface area is 364 Å². The number of rotatable bonds is 42. The van der Waals surface area contributed by atoms with Crippen molar-refractivity contribution in [1.29, 1.82) is 0 Å². The third kappa shape index (κ3) is 31.5. The molecule has 0 bridgehead atoms. The predicted molar refractivity (Wildman–Crippen MR) is 247 cm³/mol. The third-order valence-corrected chi connectivity index (χ3v) is 12.1. The maximum atomic E-state index is 13.8. The number of nitrogens with zero attached hydrogens (tertiary/aromatic N) is 5. The van der Waals surface area contributed by atoms with Gasteiger partial charge in [0.25, 0.3) is 0 Å². The molecule has 0 aromatic heterocycles. The summed E-state index contributed by atoms with van der Waals surface area (Å²) in [6.45, 7) is 18.8. The first-order valence-corrected chi connectivity index (χ1v) is 25.2. The van der Waals surface area contributed by atoms with E-state index in [-0.39, 0.29) is 24.3 Å². The Balaban J connectivity index is 2.77. The highest BCUT2D eigenvalue weighted by molar-refractivity contribution is 5.80. The van der Waals surface area contributed by atoms with E-state index in [1.165, 1.54) is 142 Å². The van der Waals surface area contributed by atoms with Crippen molar-refractivity contribution in [3.63, 3.8) is 0 Å². The number of carbonyl (C=O) groups is 4. The Hall–Kier alpha value is -2.04. The molecule has 0 saturated carbocycles. The minimum Gasteiger partial charge on any atom is -0.466 e. The molecular formula is C49H95N5O5. The average Bonchev–Trinajstić information content (AvgIpc) is 3.24. The van der Waals surface area contributed by atoms with E-state index in [0.29, 0.717) is 78.1 Å². The van der Waals surface area contributed by atoms with Crippen LogP contribution in [0, 0.1) is 0 Å². The van der Waals surface area contributed by atoms with Crippen molar-refractivity contribution in [3.8, 4) is 0 Å². The minimum atomic E-state index is -0.191. The quantitative estimate of drug-likeness (QED) is 0.0341. The summed E-state index contributed by atoms with van der Waals surface area (Å²) in [6, 6.07) is 0. The van der Waals surface area contributed by atoms with Gasteiger partial charge in [-0.2, -0.15) is 0 Å². The lowest BCUT2D eigenvalue weighted by molar-refractivity contribution is -0.144. The Bertz CT molecular complexity index is 989. The molecule has 1 saturated heterocycles. The molecule has 10 heteroatoms. The number of aldehydes is 1. The van der Waals surface area contributed by atoms with Gasteiger partial charge in [-0.1, -0.05) is 150 Å². The van der Waals surface area contributed by atoms with E-state index >= 15 is 0 Å². The fraction of sp³-hybridized carbons (Fsp3) is 0.918. The highest BCUT2D eigenvalue weighted by atomic mass is 16.5. The molecule has 0 aromatic rings. The van der Waals surface area contributed by atoms with Crippen LogP contribution in [0.15, 0.2) is 0 Å². The Morgan fingerprint density at radius 2 is 0.797 bits per heavy atom. The van der Waals surface area contributed by atoms with Crippen molar-refractivity contribution in [2.24, 2.45) is 0 Å². The van der Waals surface area contributed by atoms with E-state index < -0.39 is 0 Å². The van der Waals surface area contributed by atoms with E-state index in [9.17, 15) is 19.2 Å². The number of hydrogen-bond donors (Lipinski definition) is 0. The molecule has 2 amide bonds. The van der Waals surface area contributed by atoms with Gasteiger partial charge in [-0.05, 0) is 71.2 Å². The molecule has 0 aromatic carbocycles. The molecule has 1 heterocycles. The maximum absolute atomic E-state index is 13.8. The van der Waals surface area contributed by atoms with E-state index in [4.69, 9.17) is 4.74 Å². The number of hydrogen-bond acceptors (Lipinski definition) is 8. The van der Waals surface area contributed by atoms with Crippen LogP contribution in [0.3, 0.4) is 0 Å². The van der Waals surface area contributed by atoms with Crippen LogP contribution < -0.4 is 0 Å². The molecular weight excluding hydrogens is 739 g/mol. The van der Waals surface area contributed by atoms with E-state index in [1.54, 1.807) is 0 Å². The van der Waals surface area contributed by atoms with Gasteiger partial charge < -0.3 is 24.2 Å². The first-order valence-electron chi connectivity index (χ1n) is 25.2. The molecule has 0 unspecified atom stereocenters. The van der Waals surface area contributed by atoms with Crippen molar-refractivity contribution in [2.75, 3.05) is 91.7 Å². The molecule has 0 N–H and O–H groups in total.